The van der Waals surface area contributed by atoms with Crippen LogP contribution in [0, 0.1) is 5.92 Å². The van der Waals surface area contributed by atoms with Crippen LogP contribution in [0.25, 0.3) is 0 Å². The van der Waals surface area contributed by atoms with E-state index >= 15 is 0 Å². The summed E-state index contributed by atoms with van der Waals surface area (Å²) in [6.45, 7) is 4.31. The number of carbonyl (C=O) groups is 2. The van der Waals surface area contributed by atoms with Crippen molar-refractivity contribution in [3.8, 4) is 5.75 Å². The lowest BCUT2D eigenvalue weighted by molar-refractivity contribution is -0.146. The van der Waals surface area contributed by atoms with Crippen LogP contribution in [0.1, 0.15) is 56.7 Å². The van der Waals surface area contributed by atoms with Gasteiger partial charge in [-0.05, 0) is 43.7 Å². The molecule has 1 aliphatic heterocycles. The van der Waals surface area contributed by atoms with Crippen molar-refractivity contribution in [2.24, 2.45) is 5.92 Å². The molecule has 2 aliphatic rings. The topological polar surface area (TPSA) is 76.7 Å². The first kappa shape index (κ1) is 21.9. The largest absolute Gasteiger partial charge is 0.489 e. The van der Waals surface area contributed by atoms with Gasteiger partial charge in [-0.25, -0.2) is 9.59 Å². The van der Waals surface area contributed by atoms with Crippen molar-refractivity contribution in [2.75, 3.05) is 0 Å². The Morgan fingerprint density at radius 3 is 2.59 bits per heavy atom. The normalized spacial score (nSPS) is 23.2. The van der Waals surface area contributed by atoms with Gasteiger partial charge in [0.25, 0.3) is 0 Å². The number of hydrogen-bond acceptors (Lipinski definition) is 4. The van der Waals surface area contributed by atoms with Crippen molar-refractivity contribution in [3.63, 3.8) is 0 Å². The predicted molar refractivity (Wildman–Crippen MR) is 122 cm³/mol. The first-order valence-electron chi connectivity index (χ1n) is 11.3. The number of para-hydroxylation sites is 1. The van der Waals surface area contributed by atoms with Crippen LogP contribution < -0.4 is 15.4 Å². The SMILES string of the molecule is CC1=C(C(=O)O[C@@H]2CCC[C@@H](C)C2)[C@@H](c2ccccc2OCc2ccccc2)NC(=O)N1. The van der Waals surface area contributed by atoms with Crippen molar-refractivity contribution >= 4 is 12.0 Å². The average Bonchev–Trinajstić information content (AvgIpc) is 2.78. The molecule has 0 saturated heterocycles. The number of ether oxygens (including phenoxy) is 2. The highest BCUT2D eigenvalue weighted by atomic mass is 16.5. The number of nitrogens with one attached hydrogen (secondary N) is 2. The van der Waals surface area contributed by atoms with Gasteiger partial charge in [-0.3, -0.25) is 0 Å². The van der Waals surface area contributed by atoms with E-state index in [0.717, 1.165) is 30.4 Å². The predicted octanol–water partition coefficient (Wildman–Crippen LogP) is 5.02. The molecule has 0 radical (unpaired) electrons. The number of benzene rings is 2. The Bertz CT molecular complexity index is 1000. The van der Waals surface area contributed by atoms with Gasteiger partial charge >= 0.3 is 12.0 Å². The maximum absolute atomic E-state index is 13.3. The zero-order valence-corrected chi connectivity index (χ0v) is 18.6. The molecule has 0 bridgehead atoms. The molecule has 6 nitrogen and oxygen atoms in total. The maximum Gasteiger partial charge on any atom is 0.338 e. The zero-order chi connectivity index (χ0) is 22.5. The Balaban J connectivity index is 1.58. The molecule has 0 spiro atoms. The summed E-state index contributed by atoms with van der Waals surface area (Å²) < 4.78 is 12.0. The van der Waals surface area contributed by atoms with Crippen LogP contribution in [-0.4, -0.2) is 18.1 Å². The molecule has 2 amide bonds. The summed E-state index contributed by atoms with van der Waals surface area (Å²) in [7, 11) is 0. The van der Waals surface area contributed by atoms with Gasteiger partial charge in [0.1, 0.15) is 18.5 Å². The van der Waals surface area contributed by atoms with E-state index < -0.39 is 12.0 Å². The first-order chi connectivity index (χ1) is 15.5. The fraction of sp³-hybridized carbons (Fsp3) is 0.385. The Kier molecular flexibility index (Phi) is 6.78. The smallest absolute Gasteiger partial charge is 0.338 e. The summed E-state index contributed by atoms with van der Waals surface area (Å²) in [6, 6.07) is 16.4. The van der Waals surface area contributed by atoms with Crippen molar-refractivity contribution < 1.29 is 19.1 Å². The molecule has 6 heteroatoms. The maximum atomic E-state index is 13.3. The van der Waals surface area contributed by atoms with Crippen molar-refractivity contribution in [1.82, 2.24) is 10.6 Å². The van der Waals surface area contributed by atoms with Gasteiger partial charge in [-0.2, -0.15) is 0 Å². The molecule has 3 atom stereocenters. The molecule has 0 aromatic heterocycles. The van der Waals surface area contributed by atoms with Crippen LogP contribution in [0.5, 0.6) is 5.75 Å². The van der Waals surface area contributed by atoms with Crippen LogP contribution >= 0.6 is 0 Å². The summed E-state index contributed by atoms with van der Waals surface area (Å²) in [6.07, 6.45) is 3.89. The second-order valence-electron chi connectivity index (χ2n) is 8.68. The number of amides is 2. The number of rotatable bonds is 6. The number of hydrogen-bond donors (Lipinski definition) is 2. The second-order valence-corrected chi connectivity index (χ2v) is 8.68. The number of carbonyl (C=O) groups excluding carboxylic acids is 2. The van der Waals surface area contributed by atoms with E-state index in [2.05, 4.69) is 17.6 Å². The second kappa shape index (κ2) is 9.90. The van der Waals surface area contributed by atoms with Crippen LogP contribution in [-0.2, 0) is 16.1 Å². The minimum Gasteiger partial charge on any atom is -0.489 e. The van der Waals surface area contributed by atoms with Gasteiger partial charge in [-0.15, -0.1) is 0 Å². The molecule has 4 rings (SSSR count). The molecule has 1 fully saturated rings. The molecule has 0 unspecified atom stereocenters. The van der Waals surface area contributed by atoms with Crippen molar-refractivity contribution in [3.05, 3.63) is 77.0 Å². The third-order valence-corrected chi connectivity index (χ3v) is 6.12. The number of urea groups is 1. The van der Waals surface area contributed by atoms with Gasteiger partial charge in [-0.1, -0.05) is 61.9 Å². The number of esters is 1. The first-order valence-corrected chi connectivity index (χ1v) is 11.3. The minimum atomic E-state index is -0.649. The van der Waals surface area contributed by atoms with Crippen molar-refractivity contribution in [2.45, 2.75) is 58.3 Å². The molecule has 2 aromatic rings. The van der Waals surface area contributed by atoms with Crippen LogP contribution in [0.4, 0.5) is 4.79 Å². The monoisotopic (exact) mass is 434 g/mol. The number of allylic oxidation sites excluding steroid dienone is 1. The van der Waals surface area contributed by atoms with E-state index in [9.17, 15) is 9.59 Å². The molecule has 2 N–H and O–H groups in total. The van der Waals surface area contributed by atoms with E-state index in [0.29, 0.717) is 29.5 Å². The highest BCUT2D eigenvalue weighted by molar-refractivity contribution is 5.95. The molecular formula is C26H30N2O4. The van der Waals surface area contributed by atoms with E-state index in [-0.39, 0.29) is 12.1 Å². The Labute approximate surface area is 189 Å². The molecule has 1 saturated carbocycles. The Morgan fingerprint density at radius 1 is 1.06 bits per heavy atom. The third-order valence-electron chi connectivity index (χ3n) is 6.12. The van der Waals surface area contributed by atoms with Crippen LogP contribution in [0.2, 0.25) is 0 Å². The standard InChI is InChI=1S/C26H30N2O4/c1-17-9-8-12-20(15-17)32-25(29)23-18(2)27-26(30)28-24(23)21-13-6-7-14-22(21)31-16-19-10-4-3-5-11-19/h3-7,10-11,13-14,17,20,24H,8-9,12,15-16H2,1-2H3,(H2,27,28,30)/t17-,20-,24-/m1/s1. The molecule has 1 aliphatic carbocycles. The Morgan fingerprint density at radius 2 is 1.81 bits per heavy atom. The van der Waals surface area contributed by atoms with Gasteiger partial charge in [0, 0.05) is 11.3 Å². The van der Waals surface area contributed by atoms with Crippen LogP contribution in [0.15, 0.2) is 65.9 Å². The highest BCUT2D eigenvalue weighted by Gasteiger charge is 2.35. The summed E-state index contributed by atoms with van der Waals surface area (Å²) >= 11 is 0. The lowest BCUT2D eigenvalue weighted by atomic mass is 9.88. The molecule has 1 heterocycles. The lowest BCUT2D eigenvalue weighted by Crippen LogP contribution is -2.45. The van der Waals surface area contributed by atoms with Gasteiger partial charge in [0.15, 0.2) is 0 Å². The summed E-state index contributed by atoms with van der Waals surface area (Å²) in [5, 5.41) is 5.61. The quantitative estimate of drug-likeness (QED) is 0.626. The van der Waals surface area contributed by atoms with E-state index in [1.165, 1.54) is 6.42 Å². The molecule has 168 valence electrons. The zero-order valence-electron chi connectivity index (χ0n) is 18.6. The van der Waals surface area contributed by atoms with E-state index in [1.54, 1.807) is 6.92 Å². The summed E-state index contributed by atoms with van der Waals surface area (Å²) in [5.41, 5.74) is 2.68. The van der Waals surface area contributed by atoms with Crippen LogP contribution in [0.3, 0.4) is 0 Å². The average molecular weight is 435 g/mol. The molecule has 32 heavy (non-hydrogen) atoms. The van der Waals surface area contributed by atoms with Gasteiger partial charge in [0.05, 0.1) is 11.6 Å². The van der Waals surface area contributed by atoms with Gasteiger partial charge < -0.3 is 20.1 Å². The molecule has 2 aromatic carbocycles. The van der Waals surface area contributed by atoms with Gasteiger partial charge in [0.2, 0.25) is 0 Å². The third kappa shape index (κ3) is 5.13. The minimum absolute atomic E-state index is 0.0885. The summed E-state index contributed by atoms with van der Waals surface area (Å²) in [4.78, 5) is 25.6. The Hall–Kier alpha value is -3.28. The summed E-state index contributed by atoms with van der Waals surface area (Å²) in [5.74, 6) is 0.772. The lowest BCUT2D eigenvalue weighted by Gasteiger charge is -2.31. The van der Waals surface area contributed by atoms with E-state index in [1.807, 2.05) is 54.6 Å². The van der Waals surface area contributed by atoms with E-state index in [4.69, 9.17) is 9.47 Å². The fourth-order valence-corrected chi connectivity index (χ4v) is 4.48. The highest BCUT2D eigenvalue weighted by Crippen LogP contribution is 2.35. The fourth-order valence-electron chi connectivity index (χ4n) is 4.48. The van der Waals surface area contributed by atoms with Crippen molar-refractivity contribution in [1.29, 1.82) is 0 Å². The molecular weight excluding hydrogens is 404 g/mol.